The van der Waals surface area contributed by atoms with Gasteiger partial charge in [-0.05, 0) is 18.4 Å². The van der Waals surface area contributed by atoms with Crippen LogP contribution in [-0.2, 0) is 16.0 Å². The van der Waals surface area contributed by atoms with Gasteiger partial charge in [0.05, 0.1) is 18.1 Å². The Morgan fingerprint density at radius 1 is 1.38 bits per heavy atom. The van der Waals surface area contributed by atoms with Crippen molar-refractivity contribution in [3.63, 3.8) is 0 Å². The van der Waals surface area contributed by atoms with E-state index in [1.807, 2.05) is 0 Å². The van der Waals surface area contributed by atoms with Crippen LogP contribution in [-0.4, -0.2) is 50.9 Å². The highest BCUT2D eigenvalue weighted by atomic mass is 127. The summed E-state index contributed by atoms with van der Waals surface area (Å²) in [5.41, 5.74) is 1.05. The van der Waals surface area contributed by atoms with Crippen LogP contribution in [0.25, 0.3) is 0 Å². The van der Waals surface area contributed by atoms with Crippen molar-refractivity contribution in [2.75, 3.05) is 40.0 Å². The molecule has 8 nitrogen and oxygen atoms in total. The summed E-state index contributed by atoms with van der Waals surface area (Å²) in [6, 6.07) is 6.47. The molecule has 0 spiro atoms. The topological polar surface area (TPSA) is 98.0 Å². The van der Waals surface area contributed by atoms with Crippen molar-refractivity contribution in [2.24, 2.45) is 10.9 Å². The third-order valence-electron chi connectivity index (χ3n) is 3.97. The summed E-state index contributed by atoms with van der Waals surface area (Å²) >= 11 is 0. The number of nitrogens with zero attached hydrogens (tertiary/aromatic N) is 2. The van der Waals surface area contributed by atoms with Crippen LogP contribution in [0.2, 0.25) is 0 Å². The summed E-state index contributed by atoms with van der Waals surface area (Å²) in [6.07, 6.45) is 1.99. The molecular weight excluding hydrogens is 451 g/mol. The lowest BCUT2D eigenvalue weighted by atomic mass is 10.1. The van der Waals surface area contributed by atoms with Gasteiger partial charge in [0.1, 0.15) is 0 Å². The fourth-order valence-corrected chi connectivity index (χ4v) is 2.49. The lowest BCUT2D eigenvalue weighted by molar-refractivity contribution is -0.384. The normalized spacial score (nSPS) is 16.8. The summed E-state index contributed by atoms with van der Waals surface area (Å²) in [7, 11) is 1.71. The van der Waals surface area contributed by atoms with Crippen molar-refractivity contribution in [3.8, 4) is 0 Å². The van der Waals surface area contributed by atoms with Gasteiger partial charge in [0.2, 0.25) is 0 Å². The Labute approximate surface area is 170 Å². The minimum atomic E-state index is -0.403. The van der Waals surface area contributed by atoms with Crippen LogP contribution < -0.4 is 10.6 Å². The average molecular weight is 478 g/mol. The molecule has 9 heteroatoms. The van der Waals surface area contributed by atoms with E-state index in [0.717, 1.165) is 44.8 Å². The second kappa shape index (κ2) is 12.8. The van der Waals surface area contributed by atoms with Crippen LogP contribution in [0.1, 0.15) is 18.4 Å². The highest BCUT2D eigenvalue weighted by molar-refractivity contribution is 14.0. The Kier molecular flexibility index (Phi) is 11.1. The Morgan fingerprint density at radius 2 is 2.15 bits per heavy atom. The van der Waals surface area contributed by atoms with Gasteiger partial charge >= 0.3 is 0 Å². The SMILES string of the molecule is CN=C(NCCCOCC1CCOC1)NCc1ccc([N+](=O)[O-])cc1.I. The quantitative estimate of drug-likeness (QED) is 0.141. The first-order valence-corrected chi connectivity index (χ1v) is 8.52. The zero-order valence-corrected chi connectivity index (χ0v) is 17.3. The molecule has 1 saturated heterocycles. The largest absolute Gasteiger partial charge is 0.381 e. The minimum Gasteiger partial charge on any atom is -0.381 e. The molecule has 1 fully saturated rings. The fourth-order valence-electron chi connectivity index (χ4n) is 2.49. The molecule has 26 heavy (non-hydrogen) atoms. The predicted octanol–water partition coefficient (Wildman–Crippen LogP) is 2.32. The average Bonchev–Trinajstić information content (AvgIpc) is 3.14. The first kappa shape index (κ1) is 22.6. The molecule has 146 valence electrons. The maximum Gasteiger partial charge on any atom is 0.269 e. The standard InChI is InChI=1S/C17H26N4O4.HI/c1-18-17(19-8-2-9-24-12-15-7-10-25-13-15)20-11-14-3-5-16(6-4-14)21(22)23;/h3-6,15H,2,7-13H2,1H3,(H2,18,19,20);1H. The van der Waals surface area contributed by atoms with Gasteiger partial charge in [0.25, 0.3) is 5.69 Å². The van der Waals surface area contributed by atoms with E-state index >= 15 is 0 Å². The van der Waals surface area contributed by atoms with Crippen molar-refractivity contribution in [1.82, 2.24) is 10.6 Å². The lowest BCUT2D eigenvalue weighted by Gasteiger charge is -2.12. The highest BCUT2D eigenvalue weighted by Crippen LogP contribution is 2.12. The number of guanidine groups is 1. The molecule has 0 aliphatic carbocycles. The molecule has 2 rings (SSSR count). The number of halogens is 1. The molecule has 0 radical (unpaired) electrons. The van der Waals surface area contributed by atoms with Gasteiger partial charge in [-0.1, -0.05) is 12.1 Å². The molecule has 0 saturated carbocycles. The van der Waals surface area contributed by atoms with Gasteiger partial charge in [-0.3, -0.25) is 15.1 Å². The molecule has 1 aromatic carbocycles. The summed E-state index contributed by atoms with van der Waals surface area (Å²) in [5, 5.41) is 17.0. The van der Waals surface area contributed by atoms with Crippen LogP contribution >= 0.6 is 24.0 Å². The van der Waals surface area contributed by atoms with E-state index in [-0.39, 0.29) is 29.7 Å². The maximum absolute atomic E-state index is 10.6. The Bertz CT molecular complexity index is 562. The monoisotopic (exact) mass is 478 g/mol. The molecule has 1 aliphatic heterocycles. The van der Waals surface area contributed by atoms with Crippen LogP contribution in [0.15, 0.2) is 29.3 Å². The highest BCUT2D eigenvalue weighted by Gasteiger charge is 2.15. The number of ether oxygens (including phenoxy) is 2. The molecule has 1 unspecified atom stereocenters. The van der Waals surface area contributed by atoms with Gasteiger partial charge in [-0.15, -0.1) is 24.0 Å². The van der Waals surface area contributed by atoms with E-state index in [9.17, 15) is 10.1 Å². The molecule has 1 heterocycles. The number of aliphatic imine (C=N–C) groups is 1. The smallest absolute Gasteiger partial charge is 0.269 e. The predicted molar refractivity (Wildman–Crippen MR) is 111 cm³/mol. The Morgan fingerprint density at radius 3 is 2.77 bits per heavy atom. The zero-order valence-electron chi connectivity index (χ0n) is 15.0. The molecule has 0 aromatic heterocycles. The van der Waals surface area contributed by atoms with E-state index in [4.69, 9.17) is 9.47 Å². The number of benzene rings is 1. The molecule has 0 bridgehead atoms. The second-order valence-corrected chi connectivity index (χ2v) is 5.93. The molecule has 1 aromatic rings. The minimum absolute atomic E-state index is 0. The summed E-state index contributed by atoms with van der Waals surface area (Å²) in [5.74, 6) is 1.24. The number of rotatable bonds is 9. The molecule has 1 aliphatic rings. The number of hydrogen-bond acceptors (Lipinski definition) is 5. The van der Waals surface area contributed by atoms with Gasteiger partial charge in [-0.25, -0.2) is 0 Å². The first-order chi connectivity index (χ1) is 12.2. The van der Waals surface area contributed by atoms with E-state index in [2.05, 4.69) is 15.6 Å². The number of nitrogens with one attached hydrogen (secondary N) is 2. The zero-order chi connectivity index (χ0) is 17.9. The van der Waals surface area contributed by atoms with Gasteiger partial charge in [0.15, 0.2) is 5.96 Å². The van der Waals surface area contributed by atoms with Gasteiger partial charge < -0.3 is 20.1 Å². The second-order valence-electron chi connectivity index (χ2n) is 5.93. The third kappa shape index (κ3) is 8.28. The number of nitro benzene ring substituents is 1. The van der Waals surface area contributed by atoms with Crippen molar-refractivity contribution in [2.45, 2.75) is 19.4 Å². The van der Waals surface area contributed by atoms with Crippen LogP contribution in [0.5, 0.6) is 0 Å². The molecular formula is C17H27IN4O4. The van der Waals surface area contributed by atoms with Gasteiger partial charge in [-0.2, -0.15) is 0 Å². The lowest BCUT2D eigenvalue weighted by Crippen LogP contribution is -2.37. The van der Waals surface area contributed by atoms with Crippen molar-refractivity contribution >= 4 is 35.6 Å². The van der Waals surface area contributed by atoms with Crippen LogP contribution in [0, 0.1) is 16.0 Å². The molecule has 0 amide bonds. The van der Waals surface area contributed by atoms with E-state index in [1.165, 1.54) is 12.1 Å². The number of hydrogen-bond donors (Lipinski definition) is 2. The van der Waals surface area contributed by atoms with Crippen LogP contribution in [0.4, 0.5) is 5.69 Å². The summed E-state index contributed by atoms with van der Waals surface area (Å²) in [6.45, 7) is 4.47. The van der Waals surface area contributed by atoms with E-state index < -0.39 is 4.92 Å². The fraction of sp³-hybridized carbons (Fsp3) is 0.588. The summed E-state index contributed by atoms with van der Waals surface area (Å²) < 4.78 is 11.0. The number of non-ortho nitro benzene ring substituents is 1. The van der Waals surface area contributed by atoms with Gasteiger partial charge in [0, 0.05) is 51.4 Å². The number of nitro groups is 1. The van der Waals surface area contributed by atoms with Crippen molar-refractivity contribution in [3.05, 3.63) is 39.9 Å². The van der Waals surface area contributed by atoms with Crippen molar-refractivity contribution < 1.29 is 14.4 Å². The summed E-state index contributed by atoms with van der Waals surface area (Å²) in [4.78, 5) is 14.4. The van der Waals surface area contributed by atoms with Crippen LogP contribution in [0.3, 0.4) is 0 Å². The molecule has 2 N–H and O–H groups in total. The van der Waals surface area contributed by atoms with Crippen molar-refractivity contribution in [1.29, 1.82) is 0 Å². The first-order valence-electron chi connectivity index (χ1n) is 8.52. The Hall–Kier alpha value is -1.46. The third-order valence-corrected chi connectivity index (χ3v) is 3.97. The van der Waals surface area contributed by atoms with E-state index in [1.54, 1.807) is 19.2 Å². The molecule has 1 atom stereocenters. The van der Waals surface area contributed by atoms with E-state index in [0.29, 0.717) is 25.0 Å². The maximum atomic E-state index is 10.6. The Balaban J connectivity index is 0.00000338.